The molecular weight excluding hydrogens is 176 g/mol. The molecule has 14 heavy (non-hydrogen) atoms. The number of hydrazine groups is 2. The van der Waals surface area contributed by atoms with Crippen LogP contribution in [0.5, 0.6) is 0 Å². The summed E-state index contributed by atoms with van der Waals surface area (Å²) in [7, 11) is 0. The lowest BCUT2D eigenvalue weighted by Gasteiger charge is -2.35. The van der Waals surface area contributed by atoms with Crippen LogP contribution in [0.25, 0.3) is 5.53 Å². The predicted octanol–water partition coefficient (Wildman–Crippen LogP) is 1.82. The molecule has 0 N–H and O–H groups in total. The Bertz CT molecular complexity index is 172. The van der Waals surface area contributed by atoms with Gasteiger partial charge in [-0.15, -0.1) is 0 Å². The van der Waals surface area contributed by atoms with Crippen molar-refractivity contribution in [3.8, 4) is 0 Å². The minimum absolute atomic E-state index is 1.01. The molecule has 80 valence electrons. The van der Waals surface area contributed by atoms with Crippen molar-refractivity contribution in [2.24, 2.45) is 0 Å². The normalized spacial score (nSPS) is 23.7. The van der Waals surface area contributed by atoms with Crippen molar-refractivity contribution in [1.29, 1.82) is 0 Å². The Labute approximate surface area is 85.9 Å². The van der Waals surface area contributed by atoms with E-state index < -0.39 is 0 Å². The van der Waals surface area contributed by atoms with Crippen LogP contribution in [0, 0.1) is 0 Å². The number of piperidine rings is 2. The average Bonchev–Trinajstić information content (AvgIpc) is 2.30. The second kappa shape index (κ2) is 4.62. The van der Waals surface area contributed by atoms with Crippen molar-refractivity contribution in [3.05, 3.63) is 5.53 Å². The van der Waals surface area contributed by atoms with Crippen molar-refractivity contribution in [2.45, 2.75) is 38.5 Å². The first kappa shape index (κ1) is 9.74. The van der Waals surface area contributed by atoms with Crippen LogP contribution in [0.4, 0.5) is 0 Å². The van der Waals surface area contributed by atoms with Crippen molar-refractivity contribution >= 4 is 0 Å². The Balaban J connectivity index is 1.85. The number of nitrogens with zero attached hydrogens (tertiary/aromatic N) is 4. The van der Waals surface area contributed by atoms with Gasteiger partial charge in [-0.3, -0.25) is 0 Å². The number of hydrogen-bond donors (Lipinski definition) is 0. The maximum absolute atomic E-state index is 9.98. The van der Waals surface area contributed by atoms with Gasteiger partial charge in [-0.1, -0.05) is 12.8 Å². The van der Waals surface area contributed by atoms with E-state index in [0.717, 1.165) is 26.2 Å². The molecule has 2 heterocycles. The molecule has 0 saturated carbocycles. The molecule has 0 bridgehead atoms. The summed E-state index contributed by atoms with van der Waals surface area (Å²) < 4.78 is 0. The highest BCUT2D eigenvalue weighted by molar-refractivity contribution is 4.58. The highest BCUT2D eigenvalue weighted by Crippen LogP contribution is 2.14. The Morgan fingerprint density at radius 3 is 1.36 bits per heavy atom. The van der Waals surface area contributed by atoms with Gasteiger partial charge in [0.2, 0.25) is 0 Å². The average molecular weight is 196 g/mol. The monoisotopic (exact) mass is 196 g/mol. The molecule has 4 nitrogen and oxygen atoms in total. The summed E-state index contributed by atoms with van der Waals surface area (Å²) >= 11 is 0. The van der Waals surface area contributed by atoms with Gasteiger partial charge in [0.05, 0.1) is 0 Å². The second-order valence-electron chi connectivity index (χ2n) is 4.30. The van der Waals surface area contributed by atoms with Gasteiger partial charge in [-0.25, -0.2) is 10.0 Å². The molecule has 2 fully saturated rings. The molecular formula is C10H20N4. The van der Waals surface area contributed by atoms with Crippen molar-refractivity contribution in [1.82, 2.24) is 10.0 Å². The topological polar surface area (TPSA) is 31.8 Å². The minimum Gasteiger partial charge on any atom is -0.220 e. The summed E-state index contributed by atoms with van der Waals surface area (Å²) in [6, 6.07) is 0. The second-order valence-corrected chi connectivity index (χ2v) is 4.30. The van der Waals surface area contributed by atoms with E-state index in [2.05, 4.69) is 10.0 Å². The molecule has 0 spiro atoms. The van der Waals surface area contributed by atoms with Crippen molar-refractivity contribution in [3.63, 3.8) is 0 Å². The lowest BCUT2D eigenvalue weighted by Crippen LogP contribution is -2.48. The van der Waals surface area contributed by atoms with Crippen LogP contribution in [0.15, 0.2) is 0 Å². The molecule has 0 aromatic heterocycles. The molecule has 2 aliphatic heterocycles. The Kier molecular flexibility index (Phi) is 3.22. The molecule has 0 unspecified atom stereocenters. The van der Waals surface area contributed by atoms with Gasteiger partial charge in [-0.05, 0) is 36.1 Å². The Morgan fingerprint density at radius 2 is 1.00 bits per heavy atom. The third kappa shape index (κ3) is 2.16. The molecule has 0 aromatic rings. The quantitative estimate of drug-likeness (QED) is 0.498. The van der Waals surface area contributed by atoms with Gasteiger partial charge < -0.3 is 0 Å². The maximum atomic E-state index is 9.98. The highest BCUT2D eigenvalue weighted by Gasteiger charge is 2.20. The Morgan fingerprint density at radius 1 is 0.643 bits per heavy atom. The predicted molar refractivity (Wildman–Crippen MR) is 54.5 cm³/mol. The summed E-state index contributed by atoms with van der Waals surface area (Å²) in [4.78, 5) is 1.39. The minimum atomic E-state index is 1.01. The van der Waals surface area contributed by atoms with Gasteiger partial charge >= 0.3 is 0 Å². The van der Waals surface area contributed by atoms with E-state index in [1.54, 1.807) is 0 Å². The molecule has 2 rings (SSSR count). The third-order valence-corrected chi connectivity index (χ3v) is 3.17. The van der Waals surface area contributed by atoms with Gasteiger partial charge in [0.1, 0.15) is 0 Å². The van der Waals surface area contributed by atoms with Crippen LogP contribution in [-0.2, 0) is 0 Å². The first-order valence-electron chi connectivity index (χ1n) is 5.86. The number of hydrogen-bond acceptors (Lipinski definition) is 0. The first-order valence-corrected chi connectivity index (χ1v) is 5.86. The highest BCUT2D eigenvalue weighted by atomic mass is 15.9. The standard InChI is InChI=1S/C10H20N4/c11-14(12-7-3-1-4-8-12)13-9-5-2-6-10-13/h1-10H2. The first-order chi connectivity index (χ1) is 6.88. The third-order valence-electron chi connectivity index (χ3n) is 3.17. The summed E-state index contributed by atoms with van der Waals surface area (Å²) in [6.45, 7) is 4.03. The largest absolute Gasteiger partial charge is 0.220 e. The lowest BCUT2D eigenvalue weighted by atomic mass is 10.1. The van der Waals surface area contributed by atoms with E-state index in [-0.39, 0.29) is 0 Å². The molecule has 0 atom stereocenters. The smallest absolute Gasteiger partial charge is 0.0291 e. The summed E-state index contributed by atoms with van der Waals surface area (Å²) in [5.74, 6) is 0. The maximum Gasteiger partial charge on any atom is 0.0291 e. The Hall–Kier alpha value is -0.800. The molecule has 0 aliphatic carbocycles. The van der Waals surface area contributed by atoms with E-state index in [1.807, 2.05) is 0 Å². The summed E-state index contributed by atoms with van der Waals surface area (Å²) in [5.41, 5.74) is 9.98. The summed E-state index contributed by atoms with van der Waals surface area (Å²) in [6.07, 6.45) is 7.47. The van der Waals surface area contributed by atoms with Crippen LogP contribution in [0.2, 0.25) is 0 Å². The van der Waals surface area contributed by atoms with Crippen molar-refractivity contribution < 1.29 is 4.92 Å². The molecule has 2 aliphatic rings. The zero-order valence-electron chi connectivity index (χ0n) is 8.86. The van der Waals surface area contributed by atoms with Crippen LogP contribution in [-0.4, -0.2) is 41.1 Å². The van der Waals surface area contributed by atoms with Gasteiger partial charge in [0, 0.05) is 26.2 Å². The van der Waals surface area contributed by atoms with Crippen molar-refractivity contribution in [2.75, 3.05) is 26.2 Å². The molecule has 0 aromatic carbocycles. The van der Waals surface area contributed by atoms with Crippen LogP contribution >= 0.6 is 0 Å². The van der Waals surface area contributed by atoms with Gasteiger partial charge in [-0.2, -0.15) is 0 Å². The van der Waals surface area contributed by atoms with E-state index in [9.17, 15) is 5.53 Å². The number of rotatable bonds is 2. The zero-order chi connectivity index (χ0) is 9.80. The lowest BCUT2D eigenvalue weighted by molar-refractivity contribution is -0.833. The van der Waals surface area contributed by atoms with Crippen LogP contribution in [0.1, 0.15) is 38.5 Å². The van der Waals surface area contributed by atoms with Crippen LogP contribution < -0.4 is 0 Å². The van der Waals surface area contributed by atoms with E-state index in [0.29, 0.717) is 0 Å². The zero-order valence-corrected chi connectivity index (χ0v) is 8.86. The van der Waals surface area contributed by atoms with E-state index >= 15 is 0 Å². The summed E-state index contributed by atoms with van der Waals surface area (Å²) in [5, 5.41) is 4.13. The molecule has 2 saturated heterocycles. The SMILES string of the molecule is [N-]=[N+](N1CCCCC1)N1CCCCC1. The fourth-order valence-corrected chi connectivity index (χ4v) is 2.29. The molecule has 0 radical (unpaired) electrons. The van der Waals surface area contributed by atoms with E-state index in [1.165, 1.54) is 43.4 Å². The fourth-order valence-electron chi connectivity index (χ4n) is 2.29. The van der Waals surface area contributed by atoms with Gasteiger partial charge in [0.15, 0.2) is 0 Å². The molecule has 0 amide bonds. The fraction of sp³-hybridized carbons (Fsp3) is 1.00. The van der Waals surface area contributed by atoms with E-state index in [4.69, 9.17) is 0 Å². The molecule has 4 heteroatoms. The van der Waals surface area contributed by atoms with Gasteiger partial charge in [0.25, 0.3) is 0 Å². The van der Waals surface area contributed by atoms with Crippen LogP contribution in [0.3, 0.4) is 0 Å².